The molecule has 29 heavy (non-hydrogen) atoms. The van der Waals surface area contributed by atoms with Crippen LogP contribution in [0.1, 0.15) is 11.1 Å². The quantitative estimate of drug-likeness (QED) is 0.353. The summed E-state index contributed by atoms with van der Waals surface area (Å²) >= 11 is 0. The highest BCUT2D eigenvalue weighted by Gasteiger charge is 2.27. The van der Waals surface area contributed by atoms with Gasteiger partial charge in [0.05, 0.1) is 0 Å². The maximum Gasteiger partial charge on any atom is 0.185 e. The molecule has 0 aliphatic carbocycles. The Labute approximate surface area is 168 Å². The van der Waals surface area contributed by atoms with Crippen LogP contribution in [0.5, 0.6) is 0 Å². The third-order valence-corrected chi connectivity index (χ3v) is 7.49. The SMILES string of the molecule is Cc1ccccc1P(c1ccccc1C)c1nccn1-c1c(F)ccc(F)c1F. The van der Waals surface area contributed by atoms with Crippen LogP contribution in [-0.2, 0) is 0 Å². The van der Waals surface area contributed by atoms with Gasteiger partial charge in [-0.25, -0.2) is 18.2 Å². The average molecular weight is 410 g/mol. The molecule has 0 bridgehead atoms. The lowest BCUT2D eigenvalue weighted by Crippen LogP contribution is -2.30. The van der Waals surface area contributed by atoms with Gasteiger partial charge >= 0.3 is 0 Å². The Balaban J connectivity index is 2.01. The first-order valence-corrected chi connectivity index (χ1v) is 10.4. The Hall–Kier alpha value is -2.91. The van der Waals surface area contributed by atoms with Gasteiger partial charge in [-0.2, -0.15) is 0 Å². The van der Waals surface area contributed by atoms with Gasteiger partial charge in [-0.3, -0.25) is 4.57 Å². The first-order valence-electron chi connectivity index (χ1n) is 9.07. The van der Waals surface area contributed by atoms with Gasteiger partial charge in [0, 0.05) is 20.3 Å². The summed E-state index contributed by atoms with van der Waals surface area (Å²) in [6.07, 6.45) is 2.97. The van der Waals surface area contributed by atoms with Crippen LogP contribution in [0.2, 0.25) is 0 Å². The van der Waals surface area contributed by atoms with E-state index in [0.29, 0.717) is 5.57 Å². The number of rotatable bonds is 4. The molecule has 0 unspecified atom stereocenters. The first kappa shape index (κ1) is 19.4. The number of hydrogen-bond acceptors (Lipinski definition) is 1. The third kappa shape index (κ3) is 3.47. The molecule has 4 aromatic rings. The van der Waals surface area contributed by atoms with Gasteiger partial charge in [0.1, 0.15) is 17.1 Å². The fourth-order valence-electron chi connectivity index (χ4n) is 3.35. The third-order valence-electron chi connectivity index (χ3n) is 4.79. The fraction of sp³-hybridized carbons (Fsp3) is 0.0870. The van der Waals surface area contributed by atoms with Crippen LogP contribution in [0.3, 0.4) is 0 Å². The molecule has 146 valence electrons. The maximum atomic E-state index is 14.6. The minimum atomic E-state index is -1.23. The molecule has 0 fully saturated rings. The molecule has 0 atom stereocenters. The standard InChI is InChI=1S/C23H18F3N2P/c1-15-7-3-5-9-19(15)29(20-10-6-4-8-16(20)2)23-27-13-14-28(23)22-18(25)12-11-17(24)21(22)26/h3-14H,1-2H3. The van der Waals surface area contributed by atoms with Gasteiger partial charge in [0.25, 0.3) is 0 Å². The van der Waals surface area contributed by atoms with E-state index in [1.54, 1.807) is 0 Å². The van der Waals surface area contributed by atoms with Crippen LogP contribution in [0.25, 0.3) is 5.69 Å². The summed E-state index contributed by atoms with van der Waals surface area (Å²) in [5.41, 5.74) is 2.13. The van der Waals surface area contributed by atoms with E-state index in [9.17, 15) is 13.2 Å². The number of imidazole rings is 1. The van der Waals surface area contributed by atoms with E-state index in [2.05, 4.69) is 4.98 Å². The molecule has 0 N–H and O–H groups in total. The van der Waals surface area contributed by atoms with Crippen molar-refractivity contribution in [1.82, 2.24) is 9.55 Å². The number of hydrogen-bond donors (Lipinski definition) is 0. The fourth-order valence-corrected chi connectivity index (χ4v) is 5.93. The molecular weight excluding hydrogens is 392 g/mol. The van der Waals surface area contributed by atoms with Crippen LogP contribution in [-0.4, -0.2) is 9.55 Å². The van der Waals surface area contributed by atoms with Crippen LogP contribution < -0.4 is 16.2 Å². The van der Waals surface area contributed by atoms with Crippen molar-refractivity contribution < 1.29 is 13.2 Å². The van der Waals surface area contributed by atoms with Crippen molar-refractivity contribution in [2.24, 2.45) is 0 Å². The van der Waals surface area contributed by atoms with Gasteiger partial charge in [0.15, 0.2) is 11.6 Å². The lowest BCUT2D eigenvalue weighted by molar-refractivity contribution is 0.489. The van der Waals surface area contributed by atoms with E-state index in [4.69, 9.17) is 0 Å². The van der Waals surface area contributed by atoms with Crippen molar-refractivity contribution in [3.63, 3.8) is 0 Å². The highest BCUT2D eigenvalue weighted by atomic mass is 31.1. The minimum Gasteiger partial charge on any atom is -0.294 e. The number of aryl methyl sites for hydroxylation is 2. The van der Waals surface area contributed by atoms with Crippen LogP contribution in [0, 0.1) is 31.3 Å². The second-order valence-electron chi connectivity index (χ2n) is 6.70. The molecule has 2 nitrogen and oxygen atoms in total. The Kier molecular flexibility index (Phi) is 5.25. The zero-order valence-electron chi connectivity index (χ0n) is 15.9. The zero-order valence-corrected chi connectivity index (χ0v) is 16.8. The van der Waals surface area contributed by atoms with Gasteiger partial charge < -0.3 is 0 Å². The monoisotopic (exact) mass is 410 g/mol. The van der Waals surface area contributed by atoms with E-state index in [0.717, 1.165) is 33.9 Å². The van der Waals surface area contributed by atoms with E-state index < -0.39 is 31.1 Å². The van der Waals surface area contributed by atoms with Gasteiger partial charge in [-0.15, -0.1) is 0 Å². The van der Waals surface area contributed by atoms with E-state index in [-0.39, 0.29) is 0 Å². The smallest absolute Gasteiger partial charge is 0.185 e. The molecule has 3 aromatic carbocycles. The molecule has 4 rings (SSSR count). The van der Waals surface area contributed by atoms with Crippen LogP contribution >= 0.6 is 7.92 Å². The molecule has 1 heterocycles. The predicted molar refractivity (Wildman–Crippen MR) is 112 cm³/mol. The zero-order chi connectivity index (χ0) is 20.5. The Morgan fingerprint density at radius 1 is 0.759 bits per heavy atom. The molecule has 0 radical (unpaired) electrons. The normalized spacial score (nSPS) is 11.2. The Bertz CT molecular complexity index is 1140. The summed E-state index contributed by atoms with van der Waals surface area (Å²) in [7, 11) is -1.23. The summed E-state index contributed by atoms with van der Waals surface area (Å²) in [6, 6.07) is 17.5. The number of nitrogens with zero attached hydrogens (tertiary/aromatic N) is 2. The van der Waals surface area contributed by atoms with Gasteiger partial charge in [-0.05, 0) is 47.7 Å². The van der Waals surface area contributed by atoms with Crippen molar-refractivity contribution in [3.8, 4) is 5.69 Å². The number of benzene rings is 3. The number of aromatic nitrogens is 2. The van der Waals surface area contributed by atoms with Crippen LogP contribution in [0.4, 0.5) is 13.2 Å². The summed E-state index contributed by atoms with van der Waals surface area (Å²) in [6.45, 7) is 4.00. The second-order valence-corrected chi connectivity index (χ2v) is 8.73. The molecule has 0 saturated heterocycles. The summed E-state index contributed by atoms with van der Waals surface area (Å²) < 4.78 is 44.3. The Morgan fingerprint density at radius 3 is 1.90 bits per heavy atom. The van der Waals surface area contributed by atoms with Gasteiger partial charge in [-0.1, -0.05) is 48.5 Å². The number of halogens is 3. The van der Waals surface area contributed by atoms with E-state index in [1.807, 2.05) is 62.4 Å². The van der Waals surface area contributed by atoms with Crippen molar-refractivity contribution in [1.29, 1.82) is 0 Å². The molecular formula is C23H18F3N2P. The average Bonchev–Trinajstić information content (AvgIpc) is 3.17. The highest BCUT2D eigenvalue weighted by molar-refractivity contribution is 7.79. The second kappa shape index (κ2) is 7.84. The predicted octanol–water partition coefficient (Wildman–Crippen LogP) is 4.66. The summed E-state index contributed by atoms with van der Waals surface area (Å²) in [4.78, 5) is 4.48. The molecule has 0 aliphatic rings. The lowest BCUT2D eigenvalue weighted by Gasteiger charge is -2.23. The van der Waals surface area contributed by atoms with Crippen LogP contribution in [0.15, 0.2) is 73.1 Å². The van der Waals surface area contributed by atoms with Gasteiger partial charge in [0.2, 0.25) is 0 Å². The minimum absolute atomic E-state index is 0.452. The first-order chi connectivity index (χ1) is 14.0. The molecule has 0 aliphatic heterocycles. The van der Waals surface area contributed by atoms with Crippen molar-refractivity contribution >= 4 is 24.1 Å². The van der Waals surface area contributed by atoms with E-state index in [1.165, 1.54) is 17.0 Å². The van der Waals surface area contributed by atoms with Crippen molar-refractivity contribution in [2.75, 3.05) is 0 Å². The largest absolute Gasteiger partial charge is 0.294 e. The van der Waals surface area contributed by atoms with Crippen molar-refractivity contribution in [2.45, 2.75) is 13.8 Å². The topological polar surface area (TPSA) is 17.8 Å². The summed E-state index contributed by atoms with van der Waals surface area (Å²) in [5, 5.41) is 2.06. The van der Waals surface area contributed by atoms with Crippen molar-refractivity contribution in [3.05, 3.63) is 102 Å². The molecule has 0 amide bonds. The molecule has 1 aromatic heterocycles. The molecule has 6 heteroatoms. The maximum absolute atomic E-state index is 14.6. The Morgan fingerprint density at radius 2 is 1.31 bits per heavy atom. The lowest BCUT2D eigenvalue weighted by atomic mass is 10.2. The molecule has 0 saturated carbocycles. The van der Waals surface area contributed by atoms with E-state index >= 15 is 0 Å². The highest BCUT2D eigenvalue weighted by Crippen LogP contribution is 2.36. The molecule has 0 spiro atoms. The summed E-state index contributed by atoms with van der Waals surface area (Å²) in [5.74, 6) is -3.17.